The zero-order valence-corrected chi connectivity index (χ0v) is 69.0. The summed E-state index contributed by atoms with van der Waals surface area (Å²) in [5.74, 6) is 2.05. The van der Waals surface area contributed by atoms with Crippen molar-refractivity contribution in [3.63, 3.8) is 0 Å². The van der Waals surface area contributed by atoms with Gasteiger partial charge in [0.15, 0.2) is 5.82 Å². The Morgan fingerprint density at radius 2 is 0.625 bits per heavy atom. The minimum Gasteiger partial charge on any atom is -0.351 e. The Labute approximate surface area is 668 Å². The number of hydrogen-bond donors (Lipinski definition) is 0. The molecule has 0 N–H and O–H groups in total. The highest BCUT2D eigenvalue weighted by molar-refractivity contribution is 5.91. The maximum absolute atomic E-state index is 4.54. The molecule has 0 fully saturated rings. The Morgan fingerprint density at radius 3 is 1.05 bits per heavy atom. The zero-order valence-electron chi connectivity index (χ0n) is 69.0. The standard InChI is InChI=1S/C25H28N2.C23H30N2.C21H20N2.C17H18N2.C15H17N3/c1-18-11-9-10-14-22(18)27-19(2)26(21-12-7-6-8-13-21)23-16-15-20(17-24(23)27)25(3,4)5;1-16(2)20-11-9-12-21(17(3)4)23(20)25-15-14-24(19(25)6)22-13-8-7-10-18(22)5;1-16-10-6-7-13-19(16)23-17(2)22(18-11-4-3-5-12-18)20-14-8-9-15-21(20)23;1-14-8-6-7-11-17(14)19-13-12-18(15(19)2)16-9-4-3-5-10-16;1-11-7-4-5-8-13(11)18-12(2)17(3)14-9-6-10-16-15(14)18/h6-17,19H,1-5H3;7-17,19H,1-6H3;3-15,17H,1-2H3;3-13,15H,1-2H3;4-10,12H,1-3H3. The summed E-state index contributed by atoms with van der Waals surface area (Å²) in [4.78, 5) is 28.3. The van der Waals surface area contributed by atoms with Crippen LogP contribution in [0.2, 0.25) is 0 Å². The van der Waals surface area contributed by atoms with Crippen molar-refractivity contribution in [3.8, 4) is 0 Å². The molecule has 17 rings (SSSR count). The number of para-hydroxylation sites is 11. The van der Waals surface area contributed by atoms with Crippen LogP contribution >= 0.6 is 0 Å². The van der Waals surface area contributed by atoms with Crippen molar-refractivity contribution in [1.82, 2.24) is 4.98 Å². The van der Waals surface area contributed by atoms with Gasteiger partial charge in [-0.3, -0.25) is 0 Å². The average molecular weight is 1480 g/mol. The summed E-state index contributed by atoms with van der Waals surface area (Å²) in [5.41, 5.74) is 28.5. The summed E-state index contributed by atoms with van der Waals surface area (Å²) in [5, 5.41) is 0. The molecule has 112 heavy (non-hydrogen) atoms. The van der Waals surface area contributed by atoms with Crippen molar-refractivity contribution in [2.75, 3.05) is 56.0 Å². The van der Waals surface area contributed by atoms with Crippen LogP contribution in [0.1, 0.15) is 139 Å². The van der Waals surface area contributed by atoms with E-state index in [1.165, 1.54) is 124 Å². The molecule has 11 nitrogen and oxygen atoms in total. The van der Waals surface area contributed by atoms with Gasteiger partial charge in [0.2, 0.25) is 0 Å². The van der Waals surface area contributed by atoms with Gasteiger partial charge in [-0.2, -0.15) is 0 Å². The Balaban J connectivity index is 0.000000123. The minimum absolute atomic E-state index is 0.121. The maximum Gasteiger partial charge on any atom is 0.158 e. The normalized spacial score (nSPS) is 17.2. The molecule has 0 radical (unpaired) electrons. The molecule has 0 spiro atoms. The van der Waals surface area contributed by atoms with Crippen LogP contribution in [0.3, 0.4) is 0 Å². The molecule has 5 aliphatic heterocycles. The first-order valence-corrected chi connectivity index (χ1v) is 40.0. The molecule has 0 saturated carbocycles. The number of nitrogens with zero attached hydrogens (tertiary/aromatic N) is 11. The van der Waals surface area contributed by atoms with E-state index in [-0.39, 0.29) is 30.1 Å². The van der Waals surface area contributed by atoms with Crippen molar-refractivity contribution < 1.29 is 0 Å². The lowest BCUT2D eigenvalue weighted by Gasteiger charge is -2.34. The van der Waals surface area contributed by atoms with Crippen LogP contribution in [0.4, 0.5) is 85.4 Å². The smallest absolute Gasteiger partial charge is 0.158 e. The van der Waals surface area contributed by atoms with Crippen molar-refractivity contribution in [1.29, 1.82) is 0 Å². The Kier molecular flexibility index (Phi) is 23.8. The van der Waals surface area contributed by atoms with Gasteiger partial charge >= 0.3 is 0 Å². The topological polar surface area (TPSA) is 45.3 Å². The number of rotatable bonds is 11. The third-order valence-electron chi connectivity index (χ3n) is 22.6. The van der Waals surface area contributed by atoms with E-state index in [0.717, 1.165) is 5.82 Å². The van der Waals surface area contributed by atoms with E-state index >= 15 is 0 Å². The lowest BCUT2D eigenvalue weighted by atomic mass is 9.86. The lowest BCUT2D eigenvalue weighted by Crippen LogP contribution is -2.37. The summed E-state index contributed by atoms with van der Waals surface area (Å²) < 4.78 is 0. The summed E-state index contributed by atoms with van der Waals surface area (Å²) in [6.45, 7) is 38.1. The fourth-order valence-electron chi connectivity index (χ4n) is 16.4. The highest BCUT2D eigenvalue weighted by Gasteiger charge is 2.39. The molecule has 11 heteroatoms. The summed E-state index contributed by atoms with van der Waals surface area (Å²) in [6, 6.07) is 101. The van der Waals surface area contributed by atoms with Gasteiger partial charge in [0, 0.05) is 89.2 Å². The second kappa shape index (κ2) is 34.1. The largest absolute Gasteiger partial charge is 0.351 e. The predicted octanol–water partition coefficient (Wildman–Crippen LogP) is 26.4. The number of aryl methyl sites for hydroxylation is 5. The first-order chi connectivity index (χ1) is 54.0. The second-order valence-corrected chi connectivity index (χ2v) is 31.7. The van der Waals surface area contributed by atoms with E-state index in [1.54, 1.807) is 0 Å². The van der Waals surface area contributed by atoms with Crippen molar-refractivity contribution >= 4 is 85.4 Å². The first kappa shape index (κ1) is 78.2. The van der Waals surface area contributed by atoms with Crippen molar-refractivity contribution in [3.05, 3.63) is 361 Å². The van der Waals surface area contributed by atoms with Gasteiger partial charge < -0.3 is 49.0 Å². The van der Waals surface area contributed by atoms with Gasteiger partial charge in [-0.1, -0.05) is 230 Å². The van der Waals surface area contributed by atoms with Gasteiger partial charge in [0.25, 0.3) is 0 Å². The third kappa shape index (κ3) is 16.0. The molecular formula is C101H113N11. The van der Waals surface area contributed by atoms with Gasteiger partial charge in [-0.05, 0) is 234 Å². The number of fused-ring (bicyclic) bond motifs is 3. The molecular weight excluding hydrogens is 1370 g/mol. The Morgan fingerprint density at radius 1 is 0.286 bits per heavy atom. The Bertz CT molecular complexity index is 5190. The van der Waals surface area contributed by atoms with E-state index in [4.69, 9.17) is 0 Å². The number of benzene rings is 11. The molecule has 0 bridgehead atoms. The third-order valence-corrected chi connectivity index (χ3v) is 22.6. The van der Waals surface area contributed by atoms with Crippen molar-refractivity contribution in [2.45, 2.75) is 166 Å². The van der Waals surface area contributed by atoms with E-state index in [0.29, 0.717) is 18.0 Å². The van der Waals surface area contributed by atoms with Crippen LogP contribution in [0, 0.1) is 34.6 Å². The van der Waals surface area contributed by atoms with Crippen LogP contribution in [0.5, 0.6) is 0 Å². The predicted molar refractivity (Wildman–Crippen MR) is 480 cm³/mol. The molecule has 12 aromatic rings. The molecule has 1 aromatic heterocycles. The van der Waals surface area contributed by atoms with Crippen LogP contribution in [-0.4, -0.2) is 42.9 Å². The number of aromatic nitrogens is 1. The quantitative estimate of drug-likeness (QED) is 0.124. The van der Waals surface area contributed by atoms with Crippen LogP contribution in [0.15, 0.2) is 316 Å². The summed E-state index contributed by atoms with van der Waals surface area (Å²) in [7, 11) is 2.11. The fourth-order valence-corrected chi connectivity index (χ4v) is 16.4. The number of anilines is 15. The van der Waals surface area contributed by atoms with Gasteiger partial charge in [-0.25, -0.2) is 4.98 Å². The molecule has 5 unspecified atom stereocenters. The van der Waals surface area contributed by atoms with Crippen LogP contribution in [-0.2, 0) is 5.41 Å². The van der Waals surface area contributed by atoms with E-state index in [9.17, 15) is 0 Å². The molecule has 0 saturated heterocycles. The number of hydrogen-bond acceptors (Lipinski definition) is 11. The highest BCUT2D eigenvalue weighted by Crippen LogP contribution is 2.52. The molecule has 0 aliphatic carbocycles. The molecule has 572 valence electrons. The summed E-state index contributed by atoms with van der Waals surface area (Å²) in [6.07, 6.45) is 11.9. The molecule has 5 aliphatic rings. The fraction of sp³-hybridized carbons (Fsp3) is 0.257. The van der Waals surface area contributed by atoms with Crippen LogP contribution in [0.25, 0.3) is 0 Å². The van der Waals surface area contributed by atoms with Crippen LogP contribution < -0.4 is 49.0 Å². The minimum atomic E-state index is 0.121. The van der Waals surface area contributed by atoms with Crippen molar-refractivity contribution in [2.24, 2.45) is 0 Å². The SMILES string of the molecule is Cc1ccccc1N1C=CN(c2c(C(C)C)cccc2C(C)C)C1C.Cc1ccccc1N1C=CN(c2ccccc2)C1C.Cc1ccccc1N1c2cc(C(C)(C)C)ccc2N(c2ccccc2)C1C.Cc1ccccc1N1c2ccccc2N(c2ccccc2)C1C.Cc1ccccc1N1c2ncccc2N(C)C1C. The highest BCUT2D eigenvalue weighted by atomic mass is 15.4. The molecule has 5 atom stereocenters. The maximum atomic E-state index is 4.54. The second-order valence-electron chi connectivity index (χ2n) is 31.7. The lowest BCUT2D eigenvalue weighted by molar-refractivity contribution is 0.590. The monoisotopic (exact) mass is 1480 g/mol. The number of pyridine rings is 1. The van der Waals surface area contributed by atoms with Gasteiger partial charge in [-0.15, -0.1) is 0 Å². The van der Waals surface area contributed by atoms with E-state index in [2.05, 4.69) is 477 Å². The van der Waals surface area contributed by atoms with E-state index < -0.39 is 0 Å². The first-order valence-electron chi connectivity index (χ1n) is 40.0. The molecule has 11 aromatic carbocycles. The van der Waals surface area contributed by atoms with Gasteiger partial charge in [0.05, 0.1) is 28.4 Å². The Hall–Kier alpha value is -12.0. The molecule has 0 amide bonds. The van der Waals surface area contributed by atoms with E-state index in [1.807, 2.05) is 18.3 Å². The zero-order chi connectivity index (χ0) is 79.1. The average Bonchev–Trinajstić information content (AvgIpc) is 1.59. The summed E-state index contributed by atoms with van der Waals surface area (Å²) >= 11 is 0. The molecule has 6 heterocycles. The van der Waals surface area contributed by atoms with Gasteiger partial charge in [0.1, 0.15) is 30.8 Å².